The number of hydrogen-bond acceptors (Lipinski definition) is 6. The predicted molar refractivity (Wildman–Crippen MR) is 51.2 cm³/mol. The summed E-state index contributed by atoms with van der Waals surface area (Å²) in [6.45, 7) is 0. The van der Waals surface area contributed by atoms with Gasteiger partial charge in [-0.2, -0.15) is 4.98 Å². The summed E-state index contributed by atoms with van der Waals surface area (Å²) in [5.41, 5.74) is 0. The van der Waals surface area contributed by atoms with Crippen molar-refractivity contribution in [2.45, 2.75) is 5.16 Å². The van der Waals surface area contributed by atoms with Gasteiger partial charge in [-0.1, -0.05) is 0 Å². The lowest BCUT2D eigenvalue weighted by atomic mass is 10.5. The van der Waals surface area contributed by atoms with Gasteiger partial charge in [0, 0.05) is 19.4 Å². The van der Waals surface area contributed by atoms with Gasteiger partial charge in [-0.05, 0) is 0 Å². The molecule has 0 radical (unpaired) electrons. The first kappa shape index (κ1) is 10.7. The summed E-state index contributed by atoms with van der Waals surface area (Å²) < 4.78 is 27.2. The predicted octanol–water partition coefficient (Wildman–Crippen LogP) is -0.0696. The monoisotopic (exact) mass is 217 g/mol. The first-order valence-electron chi connectivity index (χ1n) is 3.78. The zero-order valence-electron chi connectivity index (χ0n) is 8.10. The van der Waals surface area contributed by atoms with Crippen molar-refractivity contribution in [2.75, 3.05) is 25.7 Å². The normalized spacial score (nSPS) is 11.1. The zero-order valence-corrected chi connectivity index (χ0v) is 8.92. The Balaban J connectivity index is 3.32. The first-order chi connectivity index (χ1) is 6.47. The molecule has 1 rings (SSSR count). The van der Waals surface area contributed by atoms with Gasteiger partial charge in [0.2, 0.25) is 15.7 Å². The molecule has 1 aromatic heterocycles. The first-order valence-corrected chi connectivity index (χ1v) is 5.67. The van der Waals surface area contributed by atoms with Crippen LogP contribution < -0.4 is 10.1 Å². The molecule has 0 aromatic carbocycles. The van der Waals surface area contributed by atoms with Gasteiger partial charge < -0.3 is 10.1 Å². The molecule has 0 amide bonds. The molecule has 78 valence electrons. The van der Waals surface area contributed by atoms with E-state index >= 15 is 0 Å². The van der Waals surface area contributed by atoms with Crippen molar-refractivity contribution >= 4 is 15.7 Å². The van der Waals surface area contributed by atoms with Gasteiger partial charge in [0.15, 0.2) is 0 Å². The van der Waals surface area contributed by atoms with Crippen LogP contribution >= 0.6 is 0 Å². The number of sulfone groups is 1. The van der Waals surface area contributed by atoms with Gasteiger partial charge in [0.05, 0.1) is 7.11 Å². The van der Waals surface area contributed by atoms with E-state index in [2.05, 4.69) is 15.3 Å². The summed E-state index contributed by atoms with van der Waals surface area (Å²) in [7, 11) is -0.367. The molecule has 1 aromatic rings. The zero-order chi connectivity index (χ0) is 10.8. The SMILES string of the molecule is CNc1cc(OC)nc(S(C)(=O)=O)n1. The number of nitrogens with one attached hydrogen (secondary N) is 1. The van der Waals surface area contributed by atoms with Crippen LogP contribution in [0.3, 0.4) is 0 Å². The van der Waals surface area contributed by atoms with Crippen LogP contribution in [-0.4, -0.2) is 38.8 Å². The molecule has 0 aliphatic carbocycles. The van der Waals surface area contributed by atoms with E-state index in [0.29, 0.717) is 5.82 Å². The fourth-order valence-electron chi connectivity index (χ4n) is 0.802. The van der Waals surface area contributed by atoms with Crippen LogP contribution in [-0.2, 0) is 9.84 Å². The average molecular weight is 217 g/mol. The summed E-state index contributed by atoms with van der Waals surface area (Å²) >= 11 is 0. The van der Waals surface area contributed by atoms with E-state index in [0.717, 1.165) is 6.26 Å². The Morgan fingerprint density at radius 2 is 2.07 bits per heavy atom. The van der Waals surface area contributed by atoms with E-state index < -0.39 is 9.84 Å². The third kappa shape index (κ3) is 2.32. The maximum absolute atomic E-state index is 11.2. The highest BCUT2D eigenvalue weighted by molar-refractivity contribution is 7.90. The molecule has 0 saturated heterocycles. The summed E-state index contributed by atoms with van der Waals surface area (Å²) in [4.78, 5) is 7.49. The Labute approximate surface area is 82.3 Å². The molecule has 0 bridgehead atoms. The third-order valence-electron chi connectivity index (χ3n) is 1.48. The number of methoxy groups -OCH3 is 1. The molecule has 0 atom stereocenters. The van der Waals surface area contributed by atoms with Crippen LogP contribution in [0.2, 0.25) is 0 Å². The number of rotatable bonds is 3. The summed E-state index contributed by atoms with van der Waals surface area (Å²) in [6.07, 6.45) is 1.04. The van der Waals surface area contributed by atoms with Gasteiger partial charge in [-0.15, -0.1) is 0 Å². The maximum Gasteiger partial charge on any atom is 0.252 e. The molecule has 0 unspecified atom stereocenters. The van der Waals surface area contributed by atoms with Gasteiger partial charge >= 0.3 is 0 Å². The second-order valence-corrected chi connectivity index (χ2v) is 4.51. The van der Waals surface area contributed by atoms with Gasteiger partial charge in [-0.25, -0.2) is 13.4 Å². The van der Waals surface area contributed by atoms with Crippen LogP contribution in [0, 0.1) is 0 Å². The smallest absolute Gasteiger partial charge is 0.252 e. The molecule has 0 aliphatic heterocycles. The van der Waals surface area contributed by atoms with Crippen molar-refractivity contribution in [2.24, 2.45) is 0 Å². The van der Waals surface area contributed by atoms with Crippen LogP contribution in [0.1, 0.15) is 0 Å². The van der Waals surface area contributed by atoms with Crippen LogP contribution in [0.25, 0.3) is 0 Å². The fraction of sp³-hybridized carbons (Fsp3) is 0.429. The Morgan fingerprint density at radius 1 is 1.43 bits per heavy atom. The molecule has 0 spiro atoms. The summed E-state index contributed by atoms with van der Waals surface area (Å²) in [6, 6.07) is 1.51. The van der Waals surface area contributed by atoms with Gasteiger partial charge in [-0.3, -0.25) is 0 Å². The van der Waals surface area contributed by atoms with Crippen molar-refractivity contribution in [3.8, 4) is 5.88 Å². The molecule has 1 N–H and O–H groups in total. The lowest BCUT2D eigenvalue weighted by Gasteiger charge is -2.04. The molecule has 7 heteroatoms. The molecular formula is C7H11N3O3S. The number of aromatic nitrogens is 2. The number of ether oxygens (including phenoxy) is 1. The Kier molecular flexibility index (Phi) is 2.90. The minimum atomic E-state index is -3.41. The lowest BCUT2D eigenvalue weighted by Crippen LogP contribution is -2.07. The lowest BCUT2D eigenvalue weighted by molar-refractivity contribution is 0.392. The molecule has 0 aliphatic rings. The standard InChI is InChI=1S/C7H11N3O3S/c1-8-5-4-6(13-2)10-7(9-5)14(3,11)12/h4H,1-3H3,(H,8,9,10). The third-order valence-corrected chi connectivity index (χ3v) is 2.32. The highest BCUT2D eigenvalue weighted by Crippen LogP contribution is 2.15. The number of hydrogen-bond donors (Lipinski definition) is 1. The molecule has 0 saturated carbocycles. The van der Waals surface area contributed by atoms with Gasteiger partial charge in [0.1, 0.15) is 5.82 Å². The Morgan fingerprint density at radius 3 is 2.50 bits per heavy atom. The van der Waals surface area contributed by atoms with Crippen LogP contribution in [0.15, 0.2) is 11.2 Å². The van der Waals surface area contributed by atoms with E-state index in [1.54, 1.807) is 7.05 Å². The molecule has 0 fully saturated rings. The van der Waals surface area contributed by atoms with E-state index in [1.165, 1.54) is 13.2 Å². The molecule has 14 heavy (non-hydrogen) atoms. The largest absolute Gasteiger partial charge is 0.481 e. The Bertz CT molecular complexity index is 408. The van der Waals surface area contributed by atoms with Crippen molar-refractivity contribution in [3.63, 3.8) is 0 Å². The Hall–Kier alpha value is -1.37. The average Bonchev–Trinajstić information content (AvgIpc) is 2.15. The molecule has 1 heterocycles. The second-order valence-electron chi connectivity index (χ2n) is 2.60. The summed E-state index contributed by atoms with van der Waals surface area (Å²) in [5, 5.41) is 2.47. The van der Waals surface area contributed by atoms with Crippen molar-refractivity contribution in [1.82, 2.24) is 9.97 Å². The van der Waals surface area contributed by atoms with Crippen LogP contribution in [0.4, 0.5) is 5.82 Å². The van der Waals surface area contributed by atoms with Crippen molar-refractivity contribution < 1.29 is 13.2 Å². The summed E-state index contributed by atoms with van der Waals surface area (Å²) in [5.74, 6) is 0.613. The van der Waals surface area contributed by atoms with Gasteiger partial charge in [0.25, 0.3) is 5.16 Å². The minimum Gasteiger partial charge on any atom is -0.481 e. The highest BCUT2D eigenvalue weighted by atomic mass is 32.2. The number of anilines is 1. The number of nitrogens with zero attached hydrogens (tertiary/aromatic N) is 2. The quantitative estimate of drug-likeness (QED) is 0.714. The van der Waals surface area contributed by atoms with Crippen molar-refractivity contribution in [3.05, 3.63) is 6.07 Å². The molecular weight excluding hydrogens is 206 g/mol. The van der Waals surface area contributed by atoms with Crippen LogP contribution in [0.5, 0.6) is 5.88 Å². The van der Waals surface area contributed by atoms with E-state index in [1.807, 2.05) is 0 Å². The molecule has 6 nitrogen and oxygen atoms in total. The fourth-order valence-corrected chi connectivity index (χ4v) is 1.32. The minimum absolute atomic E-state index is 0.213. The topological polar surface area (TPSA) is 81.2 Å². The van der Waals surface area contributed by atoms with E-state index in [4.69, 9.17) is 4.74 Å². The second kappa shape index (κ2) is 3.79. The highest BCUT2D eigenvalue weighted by Gasteiger charge is 2.13. The van der Waals surface area contributed by atoms with E-state index in [-0.39, 0.29) is 11.0 Å². The van der Waals surface area contributed by atoms with Crippen molar-refractivity contribution in [1.29, 1.82) is 0 Å². The van der Waals surface area contributed by atoms with E-state index in [9.17, 15) is 8.42 Å². The maximum atomic E-state index is 11.2.